The maximum atomic E-state index is 12.4. The number of pyridine rings is 1. The molecule has 1 amide bonds. The second-order valence-electron chi connectivity index (χ2n) is 6.33. The molecule has 7 heteroatoms. The Labute approximate surface area is 174 Å². The standard InChI is InChI=1S/C22H24N2O4S/c1-26-18-8-6-16(21(27-2)22(18)28-3)7-9-20(25)24-13-15-11-17(14-23-12-15)19-5-4-10-29-19/h4-6,8,10-12,14H,7,9,13H2,1-3H3,(H,24,25). The van der Waals surface area contributed by atoms with Gasteiger partial charge in [0.05, 0.1) is 21.3 Å². The Morgan fingerprint density at radius 2 is 1.90 bits per heavy atom. The first-order valence-corrected chi connectivity index (χ1v) is 10.1. The van der Waals surface area contributed by atoms with Crippen LogP contribution in [0.4, 0.5) is 0 Å². The van der Waals surface area contributed by atoms with E-state index in [4.69, 9.17) is 14.2 Å². The van der Waals surface area contributed by atoms with Crippen LogP contribution >= 0.6 is 11.3 Å². The highest BCUT2D eigenvalue weighted by atomic mass is 32.1. The Balaban J connectivity index is 1.59. The molecule has 2 heterocycles. The van der Waals surface area contributed by atoms with E-state index in [0.717, 1.165) is 21.6 Å². The second-order valence-corrected chi connectivity index (χ2v) is 7.28. The van der Waals surface area contributed by atoms with Crippen LogP contribution in [0.2, 0.25) is 0 Å². The fraction of sp³-hybridized carbons (Fsp3) is 0.273. The Hall–Kier alpha value is -3.06. The van der Waals surface area contributed by atoms with Crippen LogP contribution in [-0.4, -0.2) is 32.2 Å². The van der Waals surface area contributed by atoms with Gasteiger partial charge in [-0.1, -0.05) is 12.1 Å². The number of aromatic nitrogens is 1. The normalized spacial score (nSPS) is 10.4. The Morgan fingerprint density at radius 1 is 1.07 bits per heavy atom. The molecule has 0 aliphatic heterocycles. The first-order chi connectivity index (χ1) is 14.2. The molecule has 0 aliphatic rings. The number of hydrogen-bond donors (Lipinski definition) is 1. The molecule has 0 radical (unpaired) electrons. The summed E-state index contributed by atoms with van der Waals surface area (Å²) < 4.78 is 16.2. The zero-order valence-electron chi connectivity index (χ0n) is 16.7. The molecule has 29 heavy (non-hydrogen) atoms. The van der Waals surface area contributed by atoms with Crippen LogP contribution in [0.3, 0.4) is 0 Å². The quantitative estimate of drug-likeness (QED) is 0.573. The topological polar surface area (TPSA) is 69.7 Å². The molecule has 152 valence electrons. The number of amides is 1. The molecule has 6 nitrogen and oxygen atoms in total. The van der Waals surface area contributed by atoms with Gasteiger partial charge in [0.15, 0.2) is 11.5 Å². The minimum Gasteiger partial charge on any atom is -0.493 e. The Bertz CT molecular complexity index is 957. The molecule has 3 rings (SSSR count). The van der Waals surface area contributed by atoms with Crippen molar-refractivity contribution < 1.29 is 19.0 Å². The lowest BCUT2D eigenvalue weighted by Crippen LogP contribution is -2.23. The number of rotatable bonds is 9. The van der Waals surface area contributed by atoms with E-state index in [0.29, 0.717) is 36.6 Å². The molecule has 0 unspecified atom stereocenters. The van der Waals surface area contributed by atoms with Gasteiger partial charge in [0.1, 0.15) is 0 Å². The van der Waals surface area contributed by atoms with Crippen LogP contribution in [0.25, 0.3) is 10.4 Å². The van der Waals surface area contributed by atoms with E-state index in [1.54, 1.807) is 38.9 Å². The summed E-state index contributed by atoms with van der Waals surface area (Å²) in [7, 11) is 4.72. The third-order valence-electron chi connectivity index (χ3n) is 4.50. The second kappa shape index (κ2) is 9.93. The molecule has 1 N–H and O–H groups in total. The monoisotopic (exact) mass is 412 g/mol. The van der Waals surface area contributed by atoms with Crippen LogP contribution in [-0.2, 0) is 17.8 Å². The summed E-state index contributed by atoms with van der Waals surface area (Å²) in [5.74, 6) is 1.68. The van der Waals surface area contributed by atoms with Crippen molar-refractivity contribution in [1.82, 2.24) is 10.3 Å². The van der Waals surface area contributed by atoms with Crippen LogP contribution in [0, 0.1) is 0 Å². The first-order valence-electron chi connectivity index (χ1n) is 9.18. The SMILES string of the molecule is COc1ccc(CCC(=O)NCc2cncc(-c3cccs3)c2)c(OC)c1OC. The van der Waals surface area contributed by atoms with Crippen molar-refractivity contribution in [2.45, 2.75) is 19.4 Å². The number of nitrogens with zero attached hydrogens (tertiary/aromatic N) is 1. The van der Waals surface area contributed by atoms with Gasteiger partial charge in [-0.3, -0.25) is 9.78 Å². The lowest BCUT2D eigenvalue weighted by molar-refractivity contribution is -0.121. The fourth-order valence-electron chi connectivity index (χ4n) is 3.06. The predicted molar refractivity (Wildman–Crippen MR) is 114 cm³/mol. The van der Waals surface area contributed by atoms with Gasteiger partial charge < -0.3 is 19.5 Å². The average Bonchev–Trinajstić information content (AvgIpc) is 3.30. The number of carbonyl (C=O) groups excluding carboxylic acids is 1. The lowest BCUT2D eigenvalue weighted by atomic mass is 10.1. The number of nitrogens with one attached hydrogen (secondary N) is 1. The van der Waals surface area contributed by atoms with Gasteiger partial charge in [-0.05, 0) is 41.1 Å². The van der Waals surface area contributed by atoms with Crippen molar-refractivity contribution in [3.63, 3.8) is 0 Å². The van der Waals surface area contributed by atoms with Crippen LogP contribution in [0.5, 0.6) is 17.2 Å². The number of thiophene rings is 1. The number of benzene rings is 1. The van der Waals surface area contributed by atoms with Crippen molar-refractivity contribution in [1.29, 1.82) is 0 Å². The van der Waals surface area contributed by atoms with Gasteiger partial charge >= 0.3 is 0 Å². The summed E-state index contributed by atoms with van der Waals surface area (Å²) in [5, 5.41) is 4.99. The molecule has 0 fully saturated rings. The maximum Gasteiger partial charge on any atom is 0.220 e. The molecule has 0 saturated heterocycles. The van der Waals surface area contributed by atoms with Crippen LogP contribution < -0.4 is 19.5 Å². The summed E-state index contributed by atoms with van der Waals surface area (Å²) in [4.78, 5) is 17.8. The molecule has 0 saturated carbocycles. The number of hydrogen-bond acceptors (Lipinski definition) is 6. The van der Waals surface area contributed by atoms with E-state index in [9.17, 15) is 4.79 Å². The molecule has 0 bridgehead atoms. The highest BCUT2D eigenvalue weighted by Crippen LogP contribution is 2.40. The molecule has 3 aromatic rings. The largest absolute Gasteiger partial charge is 0.493 e. The van der Waals surface area contributed by atoms with Crippen LogP contribution in [0.15, 0.2) is 48.1 Å². The van der Waals surface area contributed by atoms with E-state index < -0.39 is 0 Å². The van der Waals surface area contributed by atoms with E-state index in [2.05, 4.69) is 22.4 Å². The first kappa shape index (κ1) is 20.7. The fourth-order valence-corrected chi connectivity index (χ4v) is 3.77. The van der Waals surface area contributed by atoms with Gasteiger partial charge in [-0.2, -0.15) is 0 Å². The summed E-state index contributed by atoms with van der Waals surface area (Å²) in [6.07, 6.45) is 4.47. The molecular formula is C22H24N2O4S. The minimum absolute atomic E-state index is 0.0386. The van der Waals surface area contributed by atoms with Crippen molar-refractivity contribution in [2.75, 3.05) is 21.3 Å². The summed E-state index contributed by atoms with van der Waals surface area (Å²) in [5.41, 5.74) is 2.91. The minimum atomic E-state index is -0.0386. The smallest absolute Gasteiger partial charge is 0.220 e. The highest BCUT2D eigenvalue weighted by Gasteiger charge is 2.16. The number of carbonyl (C=O) groups is 1. The van der Waals surface area contributed by atoms with E-state index in [1.807, 2.05) is 29.8 Å². The third-order valence-corrected chi connectivity index (χ3v) is 5.42. The zero-order chi connectivity index (χ0) is 20.6. The van der Waals surface area contributed by atoms with Crippen molar-refractivity contribution in [3.8, 4) is 27.7 Å². The number of ether oxygens (including phenoxy) is 3. The van der Waals surface area contributed by atoms with Gasteiger partial charge in [0.2, 0.25) is 11.7 Å². The summed E-state index contributed by atoms with van der Waals surface area (Å²) >= 11 is 1.67. The molecule has 0 atom stereocenters. The Morgan fingerprint density at radius 3 is 2.59 bits per heavy atom. The molecule has 1 aromatic carbocycles. The number of methoxy groups -OCH3 is 3. The van der Waals surface area contributed by atoms with Crippen molar-refractivity contribution in [3.05, 3.63) is 59.2 Å². The molecule has 2 aromatic heterocycles. The third kappa shape index (κ3) is 5.06. The highest BCUT2D eigenvalue weighted by molar-refractivity contribution is 7.13. The van der Waals surface area contributed by atoms with E-state index in [-0.39, 0.29) is 5.91 Å². The van der Waals surface area contributed by atoms with Crippen molar-refractivity contribution in [2.24, 2.45) is 0 Å². The lowest BCUT2D eigenvalue weighted by Gasteiger charge is -2.15. The predicted octanol–water partition coefficient (Wildman–Crippen LogP) is 4.08. The summed E-state index contributed by atoms with van der Waals surface area (Å²) in [6.45, 7) is 0.439. The zero-order valence-corrected chi connectivity index (χ0v) is 17.5. The van der Waals surface area contributed by atoms with E-state index in [1.165, 1.54) is 0 Å². The molecule has 0 spiro atoms. The van der Waals surface area contributed by atoms with Crippen molar-refractivity contribution >= 4 is 17.2 Å². The number of aryl methyl sites for hydroxylation is 1. The molecule has 0 aliphatic carbocycles. The maximum absolute atomic E-state index is 12.4. The van der Waals surface area contributed by atoms with Crippen LogP contribution in [0.1, 0.15) is 17.5 Å². The summed E-state index contributed by atoms with van der Waals surface area (Å²) in [6, 6.07) is 9.83. The molecular weight excluding hydrogens is 388 g/mol. The Kier molecular flexibility index (Phi) is 7.08. The van der Waals surface area contributed by atoms with Gasteiger partial charge in [-0.25, -0.2) is 0 Å². The van der Waals surface area contributed by atoms with Gasteiger partial charge in [0, 0.05) is 35.8 Å². The van der Waals surface area contributed by atoms with E-state index >= 15 is 0 Å². The van der Waals surface area contributed by atoms with Gasteiger partial charge in [-0.15, -0.1) is 11.3 Å². The average molecular weight is 413 g/mol. The van der Waals surface area contributed by atoms with Gasteiger partial charge in [0.25, 0.3) is 0 Å².